The third-order valence-electron chi connectivity index (χ3n) is 3.98. The summed E-state index contributed by atoms with van der Waals surface area (Å²) in [5.74, 6) is 0.708. The first-order chi connectivity index (χ1) is 9.29. The Morgan fingerprint density at radius 3 is 1.95 bits per heavy atom. The highest BCUT2D eigenvalue weighted by Crippen LogP contribution is 2.34. The standard InChI is InChI=1S/C17H31NS/c1-3-5-7-9-11-15(12-10-8-6-4-2)16-13-14-19-17(16)18/h13-15H,3-12,18H2,1-2H3. The summed E-state index contributed by atoms with van der Waals surface area (Å²) in [5, 5.41) is 3.20. The minimum atomic E-state index is 0.708. The Labute approximate surface area is 123 Å². The molecule has 0 aromatic carbocycles. The van der Waals surface area contributed by atoms with Gasteiger partial charge in [0.05, 0.1) is 5.00 Å². The third kappa shape index (κ3) is 6.47. The minimum absolute atomic E-state index is 0.708. The molecular formula is C17H31NS. The normalized spacial score (nSPS) is 11.3. The van der Waals surface area contributed by atoms with E-state index in [2.05, 4.69) is 25.3 Å². The Kier molecular flexibility index (Phi) is 8.98. The van der Waals surface area contributed by atoms with Crippen LogP contribution in [-0.2, 0) is 0 Å². The van der Waals surface area contributed by atoms with Gasteiger partial charge in [-0.05, 0) is 35.8 Å². The number of rotatable bonds is 11. The number of nitrogens with two attached hydrogens (primary N) is 1. The Morgan fingerprint density at radius 1 is 0.947 bits per heavy atom. The number of nitrogen functional groups attached to an aromatic ring is 1. The first-order valence-electron chi connectivity index (χ1n) is 8.12. The van der Waals surface area contributed by atoms with Gasteiger partial charge in [-0.1, -0.05) is 65.2 Å². The van der Waals surface area contributed by atoms with Gasteiger partial charge in [-0.2, -0.15) is 0 Å². The molecular weight excluding hydrogens is 250 g/mol. The van der Waals surface area contributed by atoms with Gasteiger partial charge in [-0.3, -0.25) is 0 Å². The predicted molar refractivity (Wildman–Crippen MR) is 89.0 cm³/mol. The molecule has 0 aliphatic rings. The molecule has 19 heavy (non-hydrogen) atoms. The number of hydrogen-bond donors (Lipinski definition) is 1. The highest BCUT2D eigenvalue weighted by Gasteiger charge is 2.14. The lowest BCUT2D eigenvalue weighted by molar-refractivity contribution is 0.498. The highest BCUT2D eigenvalue weighted by atomic mass is 32.1. The molecule has 1 rings (SSSR count). The van der Waals surface area contributed by atoms with Crippen molar-refractivity contribution in [1.82, 2.24) is 0 Å². The fourth-order valence-corrected chi connectivity index (χ4v) is 3.49. The highest BCUT2D eigenvalue weighted by molar-refractivity contribution is 7.14. The number of hydrogen-bond acceptors (Lipinski definition) is 2. The number of thiophene rings is 1. The van der Waals surface area contributed by atoms with Crippen LogP contribution in [0, 0.1) is 0 Å². The molecule has 0 spiro atoms. The van der Waals surface area contributed by atoms with Crippen LogP contribution in [0.3, 0.4) is 0 Å². The molecule has 0 bridgehead atoms. The molecule has 0 saturated heterocycles. The lowest BCUT2D eigenvalue weighted by Gasteiger charge is -2.17. The minimum Gasteiger partial charge on any atom is -0.390 e. The second kappa shape index (κ2) is 10.3. The van der Waals surface area contributed by atoms with E-state index in [4.69, 9.17) is 5.73 Å². The van der Waals surface area contributed by atoms with Gasteiger partial charge in [0.2, 0.25) is 0 Å². The molecule has 0 amide bonds. The summed E-state index contributed by atoms with van der Waals surface area (Å²) < 4.78 is 0. The zero-order chi connectivity index (χ0) is 13.9. The summed E-state index contributed by atoms with van der Waals surface area (Å²) in [4.78, 5) is 0. The average Bonchev–Trinajstić information content (AvgIpc) is 2.83. The van der Waals surface area contributed by atoms with Crippen LogP contribution in [0.25, 0.3) is 0 Å². The molecule has 0 saturated carbocycles. The average molecular weight is 282 g/mol. The van der Waals surface area contributed by atoms with E-state index in [1.807, 2.05) is 0 Å². The second-order valence-electron chi connectivity index (χ2n) is 5.64. The fourth-order valence-electron chi connectivity index (χ4n) is 2.76. The first-order valence-corrected chi connectivity index (χ1v) is 9.00. The summed E-state index contributed by atoms with van der Waals surface area (Å²) in [6.07, 6.45) is 13.5. The lowest BCUT2D eigenvalue weighted by Crippen LogP contribution is -2.01. The molecule has 0 radical (unpaired) electrons. The van der Waals surface area contributed by atoms with Gasteiger partial charge in [0.25, 0.3) is 0 Å². The van der Waals surface area contributed by atoms with E-state index in [0.717, 1.165) is 5.00 Å². The van der Waals surface area contributed by atoms with Gasteiger partial charge in [-0.15, -0.1) is 11.3 Å². The topological polar surface area (TPSA) is 26.0 Å². The largest absolute Gasteiger partial charge is 0.390 e. The van der Waals surface area contributed by atoms with Crippen LogP contribution < -0.4 is 5.73 Å². The van der Waals surface area contributed by atoms with Crippen molar-refractivity contribution >= 4 is 16.3 Å². The predicted octanol–water partition coefficient (Wildman–Crippen LogP) is 6.35. The molecule has 1 nitrogen and oxygen atoms in total. The first kappa shape index (κ1) is 16.6. The van der Waals surface area contributed by atoms with Gasteiger partial charge in [0.1, 0.15) is 0 Å². The number of unbranched alkanes of at least 4 members (excludes halogenated alkanes) is 6. The van der Waals surface area contributed by atoms with Crippen LogP contribution in [0.2, 0.25) is 0 Å². The summed E-state index contributed by atoms with van der Waals surface area (Å²) in [7, 11) is 0. The summed E-state index contributed by atoms with van der Waals surface area (Å²) in [5.41, 5.74) is 7.55. The van der Waals surface area contributed by atoms with E-state index >= 15 is 0 Å². The number of anilines is 1. The molecule has 0 aliphatic heterocycles. The van der Waals surface area contributed by atoms with Crippen LogP contribution in [-0.4, -0.2) is 0 Å². The van der Waals surface area contributed by atoms with Crippen LogP contribution in [0.1, 0.15) is 89.5 Å². The van der Waals surface area contributed by atoms with Gasteiger partial charge in [0, 0.05) is 0 Å². The maximum Gasteiger partial charge on any atom is 0.0891 e. The molecule has 1 aromatic heterocycles. The SMILES string of the molecule is CCCCCCC(CCCCCC)c1ccsc1N. The van der Waals surface area contributed by atoms with E-state index in [9.17, 15) is 0 Å². The Morgan fingerprint density at radius 2 is 1.53 bits per heavy atom. The Bertz CT molecular complexity index is 307. The quantitative estimate of drug-likeness (QED) is 0.469. The van der Waals surface area contributed by atoms with Crippen LogP contribution >= 0.6 is 11.3 Å². The molecule has 2 heteroatoms. The third-order valence-corrected chi connectivity index (χ3v) is 4.74. The second-order valence-corrected chi connectivity index (χ2v) is 6.58. The zero-order valence-electron chi connectivity index (χ0n) is 12.8. The van der Waals surface area contributed by atoms with Crippen molar-refractivity contribution in [2.75, 3.05) is 5.73 Å². The van der Waals surface area contributed by atoms with Gasteiger partial charge in [-0.25, -0.2) is 0 Å². The Hall–Kier alpha value is -0.500. The van der Waals surface area contributed by atoms with Crippen molar-refractivity contribution in [2.24, 2.45) is 0 Å². The van der Waals surface area contributed by atoms with Crippen molar-refractivity contribution < 1.29 is 0 Å². The van der Waals surface area contributed by atoms with Gasteiger partial charge < -0.3 is 5.73 Å². The molecule has 0 atom stereocenters. The fraction of sp³-hybridized carbons (Fsp3) is 0.765. The van der Waals surface area contributed by atoms with Crippen LogP contribution in [0.15, 0.2) is 11.4 Å². The zero-order valence-corrected chi connectivity index (χ0v) is 13.6. The molecule has 1 heterocycles. The molecule has 0 unspecified atom stereocenters. The van der Waals surface area contributed by atoms with Gasteiger partial charge >= 0.3 is 0 Å². The van der Waals surface area contributed by atoms with Crippen molar-refractivity contribution in [2.45, 2.75) is 84.0 Å². The van der Waals surface area contributed by atoms with E-state index in [0.29, 0.717) is 5.92 Å². The van der Waals surface area contributed by atoms with Crippen molar-refractivity contribution in [1.29, 1.82) is 0 Å². The molecule has 110 valence electrons. The van der Waals surface area contributed by atoms with E-state index in [-0.39, 0.29) is 0 Å². The van der Waals surface area contributed by atoms with E-state index in [1.165, 1.54) is 69.8 Å². The van der Waals surface area contributed by atoms with Crippen LogP contribution in [0.4, 0.5) is 5.00 Å². The maximum atomic E-state index is 6.12. The van der Waals surface area contributed by atoms with Crippen LogP contribution in [0.5, 0.6) is 0 Å². The molecule has 1 aromatic rings. The maximum absolute atomic E-state index is 6.12. The summed E-state index contributed by atoms with van der Waals surface area (Å²) in [6.45, 7) is 4.55. The van der Waals surface area contributed by atoms with E-state index in [1.54, 1.807) is 11.3 Å². The monoisotopic (exact) mass is 281 g/mol. The summed E-state index contributed by atoms with van der Waals surface area (Å²) in [6, 6.07) is 2.25. The molecule has 0 aliphatic carbocycles. The lowest BCUT2D eigenvalue weighted by atomic mass is 9.89. The van der Waals surface area contributed by atoms with Crippen molar-refractivity contribution in [3.8, 4) is 0 Å². The Balaban J connectivity index is 2.41. The van der Waals surface area contributed by atoms with Crippen molar-refractivity contribution in [3.63, 3.8) is 0 Å². The summed E-state index contributed by atoms with van der Waals surface area (Å²) >= 11 is 1.70. The van der Waals surface area contributed by atoms with E-state index < -0.39 is 0 Å². The van der Waals surface area contributed by atoms with Gasteiger partial charge in [0.15, 0.2) is 0 Å². The smallest absolute Gasteiger partial charge is 0.0891 e. The molecule has 2 N–H and O–H groups in total. The molecule has 0 fully saturated rings. The van der Waals surface area contributed by atoms with Crippen molar-refractivity contribution in [3.05, 3.63) is 17.0 Å².